The normalized spacial score (nSPS) is 18.4. The van der Waals surface area contributed by atoms with E-state index in [2.05, 4.69) is 16.4 Å². The molecule has 2 aromatic carbocycles. The van der Waals surface area contributed by atoms with Gasteiger partial charge in [0.1, 0.15) is 17.7 Å². The molecule has 0 saturated carbocycles. The molecule has 1 aliphatic carbocycles. The van der Waals surface area contributed by atoms with Crippen molar-refractivity contribution in [1.82, 2.24) is 15.8 Å². The second-order valence-electron chi connectivity index (χ2n) is 7.92. The molecule has 1 heterocycles. The van der Waals surface area contributed by atoms with Crippen LogP contribution < -0.4 is 15.5 Å². The molecular formula is C24H25F2N3O3. The molecule has 6 nitrogen and oxygen atoms in total. The number of para-hydroxylation sites is 1. The van der Waals surface area contributed by atoms with Gasteiger partial charge in [-0.05, 0) is 31.1 Å². The van der Waals surface area contributed by atoms with Gasteiger partial charge in [0.15, 0.2) is 6.61 Å². The van der Waals surface area contributed by atoms with Crippen LogP contribution in [0.15, 0.2) is 48.5 Å². The summed E-state index contributed by atoms with van der Waals surface area (Å²) in [6.45, 7) is 1.74. The minimum absolute atomic E-state index is 0.164. The van der Waals surface area contributed by atoms with Gasteiger partial charge in [-0.15, -0.1) is 0 Å². The highest BCUT2D eigenvalue weighted by Crippen LogP contribution is 2.35. The van der Waals surface area contributed by atoms with Crippen LogP contribution in [0.25, 0.3) is 16.5 Å². The Balaban J connectivity index is 1.40. The van der Waals surface area contributed by atoms with Crippen LogP contribution in [0.4, 0.5) is 8.78 Å². The number of aromatic nitrogens is 1. The molecule has 32 heavy (non-hydrogen) atoms. The molecule has 8 heteroatoms. The maximum Gasteiger partial charge on any atom is 0.281 e. The molecule has 168 valence electrons. The summed E-state index contributed by atoms with van der Waals surface area (Å²) in [6, 6.07) is 11.8. The Kier molecular flexibility index (Phi) is 6.53. The molecule has 0 bridgehead atoms. The van der Waals surface area contributed by atoms with Gasteiger partial charge < -0.3 is 15.0 Å². The predicted molar refractivity (Wildman–Crippen MR) is 118 cm³/mol. The summed E-state index contributed by atoms with van der Waals surface area (Å²) in [6.07, 6.45) is 1.78. The number of H-pyrrole nitrogens is 1. The highest BCUT2D eigenvalue weighted by molar-refractivity contribution is 5.94. The molecule has 0 fully saturated rings. The number of aromatic amines is 1. The van der Waals surface area contributed by atoms with E-state index in [9.17, 15) is 9.18 Å². The first-order valence-electron chi connectivity index (χ1n) is 10.4. The Labute approximate surface area is 184 Å². The lowest BCUT2D eigenvalue weighted by atomic mass is 9.88. The van der Waals surface area contributed by atoms with E-state index in [1.165, 1.54) is 17.6 Å². The number of benzene rings is 2. The monoisotopic (exact) mass is 441 g/mol. The number of amides is 1. The highest BCUT2D eigenvalue weighted by atomic mass is 19.1. The number of carbonyl (C=O) groups is 1. The first kappa shape index (κ1) is 22.0. The third-order valence-electron chi connectivity index (χ3n) is 5.76. The van der Waals surface area contributed by atoms with E-state index in [0.29, 0.717) is 18.4 Å². The van der Waals surface area contributed by atoms with E-state index in [0.717, 1.165) is 33.8 Å². The largest absolute Gasteiger partial charge is 0.484 e. The summed E-state index contributed by atoms with van der Waals surface area (Å²) < 4.78 is 34.5. The van der Waals surface area contributed by atoms with E-state index in [1.807, 2.05) is 31.2 Å². The average Bonchev–Trinajstić information content (AvgIpc) is 3.13. The molecule has 0 aliphatic heterocycles. The van der Waals surface area contributed by atoms with E-state index in [4.69, 9.17) is 9.94 Å². The highest BCUT2D eigenvalue weighted by Gasteiger charge is 2.27. The number of alkyl halides is 1. The van der Waals surface area contributed by atoms with Crippen LogP contribution in [-0.2, 0) is 11.3 Å². The standard InChI is InChI=1S/C24H25F2N3O3/c1-14-24(18-4-2-3-5-21(18)28-14)15-7-9-22(20(26)10-15)27-12-16-6-8-17(11-19(16)25)32-13-23(30)29-31/h2-8,11,20,22,27-28,31H,9-10,12-13H2,1H3,(H,29,30). The number of nitrogens with one attached hydrogen (secondary N) is 3. The summed E-state index contributed by atoms with van der Waals surface area (Å²) in [7, 11) is 0. The number of hydrogen-bond donors (Lipinski definition) is 4. The van der Waals surface area contributed by atoms with Crippen molar-refractivity contribution < 1.29 is 23.5 Å². The maximum absolute atomic E-state index is 15.0. The quantitative estimate of drug-likeness (QED) is 0.327. The zero-order valence-electron chi connectivity index (χ0n) is 17.6. The number of carbonyl (C=O) groups excluding carboxylic acids is 1. The zero-order valence-corrected chi connectivity index (χ0v) is 17.6. The minimum atomic E-state index is -1.09. The van der Waals surface area contributed by atoms with Crippen molar-refractivity contribution in [3.63, 3.8) is 0 Å². The van der Waals surface area contributed by atoms with Crippen LogP contribution in [0.1, 0.15) is 29.7 Å². The minimum Gasteiger partial charge on any atom is -0.484 e. The molecule has 4 N–H and O–H groups in total. The molecule has 1 aromatic heterocycles. The van der Waals surface area contributed by atoms with Gasteiger partial charge >= 0.3 is 0 Å². The summed E-state index contributed by atoms with van der Waals surface area (Å²) in [4.78, 5) is 14.4. The third kappa shape index (κ3) is 4.66. The van der Waals surface area contributed by atoms with Gasteiger partial charge in [0, 0.05) is 52.8 Å². The third-order valence-corrected chi connectivity index (χ3v) is 5.76. The van der Waals surface area contributed by atoms with E-state index >= 15 is 4.39 Å². The van der Waals surface area contributed by atoms with Crippen LogP contribution in [0.5, 0.6) is 5.75 Å². The molecule has 2 atom stereocenters. The van der Waals surface area contributed by atoms with E-state index in [1.54, 1.807) is 0 Å². The molecule has 0 spiro atoms. The molecular weight excluding hydrogens is 416 g/mol. The summed E-state index contributed by atoms with van der Waals surface area (Å²) in [5.74, 6) is -1.09. The summed E-state index contributed by atoms with van der Waals surface area (Å²) in [5, 5.41) is 12.7. The average molecular weight is 441 g/mol. The number of ether oxygens (including phenoxy) is 1. The smallest absolute Gasteiger partial charge is 0.281 e. The summed E-state index contributed by atoms with van der Waals surface area (Å²) >= 11 is 0. The molecule has 3 aromatic rings. The number of aryl methyl sites for hydroxylation is 1. The van der Waals surface area contributed by atoms with Crippen LogP contribution in [0, 0.1) is 12.7 Å². The van der Waals surface area contributed by atoms with Crippen molar-refractivity contribution in [3.05, 3.63) is 71.2 Å². The van der Waals surface area contributed by atoms with Crippen LogP contribution in [0.3, 0.4) is 0 Å². The van der Waals surface area contributed by atoms with Crippen molar-refractivity contribution in [3.8, 4) is 5.75 Å². The molecule has 1 amide bonds. The zero-order chi connectivity index (χ0) is 22.7. The van der Waals surface area contributed by atoms with Crippen LogP contribution >= 0.6 is 0 Å². The maximum atomic E-state index is 15.0. The SMILES string of the molecule is Cc1[nH]c2ccccc2c1C1=CCC(NCc2ccc(OCC(=O)NO)cc2F)C(F)C1. The second-order valence-corrected chi connectivity index (χ2v) is 7.92. The van der Waals surface area contributed by atoms with Gasteiger partial charge in [-0.1, -0.05) is 30.3 Å². The fourth-order valence-corrected chi connectivity index (χ4v) is 4.14. The molecule has 2 unspecified atom stereocenters. The topological polar surface area (TPSA) is 86.4 Å². The fraction of sp³-hybridized carbons (Fsp3) is 0.292. The first-order valence-corrected chi connectivity index (χ1v) is 10.4. The number of hydroxylamine groups is 1. The van der Waals surface area contributed by atoms with Crippen molar-refractivity contribution in [1.29, 1.82) is 0 Å². The lowest BCUT2D eigenvalue weighted by Crippen LogP contribution is -2.39. The number of hydrogen-bond acceptors (Lipinski definition) is 4. The predicted octanol–water partition coefficient (Wildman–Crippen LogP) is 4.17. The van der Waals surface area contributed by atoms with Gasteiger partial charge in [0.25, 0.3) is 5.91 Å². The van der Waals surface area contributed by atoms with Gasteiger partial charge in [0.2, 0.25) is 0 Å². The molecule has 4 rings (SSSR count). The number of halogens is 2. The van der Waals surface area contributed by atoms with Crippen molar-refractivity contribution in [2.75, 3.05) is 6.61 Å². The van der Waals surface area contributed by atoms with Crippen LogP contribution in [-0.4, -0.2) is 34.9 Å². The number of fused-ring (bicyclic) bond motifs is 1. The van der Waals surface area contributed by atoms with Gasteiger partial charge in [-0.2, -0.15) is 0 Å². The molecule has 1 aliphatic rings. The molecule has 0 radical (unpaired) electrons. The lowest BCUT2D eigenvalue weighted by Gasteiger charge is -2.27. The van der Waals surface area contributed by atoms with Crippen molar-refractivity contribution >= 4 is 22.4 Å². The second kappa shape index (κ2) is 9.50. The Morgan fingerprint density at radius 3 is 2.84 bits per heavy atom. The van der Waals surface area contributed by atoms with Gasteiger partial charge in [-0.25, -0.2) is 14.3 Å². The van der Waals surface area contributed by atoms with Crippen LogP contribution in [0.2, 0.25) is 0 Å². The fourth-order valence-electron chi connectivity index (χ4n) is 4.14. The van der Waals surface area contributed by atoms with Crippen molar-refractivity contribution in [2.24, 2.45) is 0 Å². The number of allylic oxidation sites excluding steroid dienone is 1. The number of rotatable bonds is 7. The van der Waals surface area contributed by atoms with Gasteiger partial charge in [-0.3, -0.25) is 10.0 Å². The van der Waals surface area contributed by atoms with Crippen molar-refractivity contribution in [2.45, 2.75) is 38.5 Å². The lowest BCUT2D eigenvalue weighted by molar-refractivity contribution is -0.131. The van der Waals surface area contributed by atoms with E-state index in [-0.39, 0.29) is 12.3 Å². The summed E-state index contributed by atoms with van der Waals surface area (Å²) in [5.41, 5.74) is 5.93. The Bertz CT molecular complexity index is 1160. The van der Waals surface area contributed by atoms with Gasteiger partial charge in [0.05, 0.1) is 0 Å². The Morgan fingerprint density at radius 1 is 1.28 bits per heavy atom. The Morgan fingerprint density at radius 2 is 2.09 bits per heavy atom. The first-order chi connectivity index (χ1) is 15.5. The Hall–Kier alpha value is -3.23. The molecule has 0 saturated heterocycles. The van der Waals surface area contributed by atoms with E-state index < -0.39 is 30.5 Å².